The lowest BCUT2D eigenvalue weighted by atomic mass is 9.87. The summed E-state index contributed by atoms with van der Waals surface area (Å²) in [5.74, 6) is -0.172. The zero-order chi connectivity index (χ0) is 14.3. The number of carbonyl (C=O) groups is 3. The van der Waals surface area contributed by atoms with Crippen molar-refractivity contribution in [3.8, 4) is 0 Å². The molecular weight excluding hydrogens is 262 g/mol. The number of nitrogens with one attached hydrogen (secondary N) is 1. The normalized spacial score (nSPS) is 29.1. The molecule has 0 saturated carbocycles. The molecule has 20 heavy (non-hydrogen) atoms. The predicted molar refractivity (Wildman–Crippen MR) is 68.8 cm³/mol. The molecule has 0 aromatic rings. The summed E-state index contributed by atoms with van der Waals surface area (Å²) in [4.78, 5) is 38.8. The van der Waals surface area contributed by atoms with Crippen LogP contribution in [-0.2, 0) is 14.3 Å². The zero-order valence-electron chi connectivity index (χ0n) is 11.6. The van der Waals surface area contributed by atoms with E-state index >= 15 is 0 Å². The number of likely N-dealkylation sites (tertiary alicyclic amines) is 1. The van der Waals surface area contributed by atoms with Gasteiger partial charge in [-0.3, -0.25) is 14.5 Å². The van der Waals surface area contributed by atoms with Gasteiger partial charge >= 0.3 is 6.03 Å². The van der Waals surface area contributed by atoms with Gasteiger partial charge in [-0.25, -0.2) is 4.79 Å². The molecule has 3 aliphatic rings. The van der Waals surface area contributed by atoms with Crippen LogP contribution in [0.3, 0.4) is 0 Å². The number of amides is 4. The monoisotopic (exact) mass is 281 g/mol. The van der Waals surface area contributed by atoms with Crippen molar-refractivity contribution in [2.24, 2.45) is 0 Å². The van der Waals surface area contributed by atoms with Crippen LogP contribution in [-0.4, -0.2) is 66.0 Å². The van der Waals surface area contributed by atoms with Crippen LogP contribution < -0.4 is 5.32 Å². The molecule has 0 radical (unpaired) electrons. The molecule has 1 unspecified atom stereocenters. The van der Waals surface area contributed by atoms with Crippen molar-refractivity contribution in [3.63, 3.8) is 0 Å². The second-order valence-electron chi connectivity index (χ2n) is 5.70. The first-order valence-corrected chi connectivity index (χ1v) is 7.04. The van der Waals surface area contributed by atoms with Gasteiger partial charge in [0.1, 0.15) is 11.6 Å². The fraction of sp³-hybridized carbons (Fsp3) is 0.769. The topological polar surface area (TPSA) is 79.0 Å². The quantitative estimate of drug-likeness (QED) is 0.670. The van der Waals surface area contributed by atoms with Gasteiger partial charge < -0.3 is 15.0 Å². The number of likely N-dealkylation sites (N-methyl/N-ethyl adjacent to an activating group) is 1. The highest BCUT2D eigenvalue weighted by Gasteiger charge is 2.51. The van der Waals surface area contributed by atoms with Crippen LogP contribution in [0, 0.1) is 0 Å². The largest absolute Gasteiger partial charge is 0.368 e. The molecule has 1 N–H and O–H groups in total. The zero-order valence-corrected chi connectivity index (χ0v) is 11.6. The van der Waals surface area contributed by atoms with Crippen molar-refractivity contribution in [2.45, 2.75) is 37.3 Å². The van der Waals surface area contributed by atoms with E-state index in [0.29, 0.717) is 32.5 Å². The summed E-state index contributed by atoms with van der Waals surface area (Å²) in [5.41, 5.74) is -0.806. The summed E-state index contributed by atoms with van der Waals surface area (Å²) in [7, 11) is 1.48. The number of hydrogen-bond acceptors (Lipinski definition) is 4. The maximum Gasteiger partial charge on any atom is 0.324 e. The molecule has 110 valence electrons. The molecule has 7 nitrogen and oxygen atoms in total. The Bertz CT molecular complexity index is 451. The molecule has 3 rings (SSSR count). The van der Waals surface area contributed by atoms with Gasteiger partial charge in [-0.1, -0.05) is 0 Å². The van der Waals surface area contributed by atoms with E-state index in [2.05, 4.69) is 5.32 Å². The highest BCUT2D eigenvalue weighted by Crippen LogP contribution is 2.29. The molecule has 3 aliphatic heterocycles. The molecule has 3 heterocycles. The van der Waals surface area contributed by atoms with Crippen LogP contribution in [0.25, 0.3) is 0 Å². The SMILES string of the molecule is CN1C(=O)NC2(CCN(C(=O)C3CCCO3)CC2)C1=O. The Labute approximate surface area is 117 Å². The maximum atomic E-state index is 12.2. The van der Waals surface area contributed by atoms with Crippen molar-refractivity contribution in [2.75, 3.05) is 26.7 Å². The van der Waals surface area contributed by atoms with Gasteiger partial charge in [0.25, 0.3) is 11.8 Å². The van der Waals surface area contributed by atoms with Gasteiger partial charge in [0.2, 0.25) is 0 Å². The summed E-state index contributed by atoms with van der Waals surface area (Å²) >= 11 is 0. The van der Waals surface area contributed by atoms with Crippen molar-refractivity contribution >= 4 is 17.8 Å². The molecule has 3 fully saturated rings. The van der Waals surface area contributed by atoms with Crippen LogP contribution in [0.5, 0.6) is 0 Å². The van der Waals surface area contributed by atoms with Crippen molar-refractivity contribution in [3.05, 3.63) is 0 Å². The van der Waals surface area contributed by atoms with E-state index in [-0.39, 0.29) is 23.9 Å². The van der Waals surface area contributed by atoms with E-state index in [0.717, 1.165) is 17.7 Å². The standard InChI is InChI=1S/C13H19N3O4/c1-15-11(18)13(14-12(15)19)4-6-16(7-5-13)10(17)9-3-2-8-20-9/h9H,2-8H2,1H3,(H,14,19). The van der Waals surface area contributed by atoms with E-state index in [1.807, 2.05) is 0 Å². The first-order valence-electron chi connectivity index (χ1n) is 7.04. The number of hydrogen-bond donors (Lipinski definition) is 1. The average molecular weight is 281 g/mol. The Morgan fingerprint density at radius 2 is 2.05 bits per heavy atom. The number of imide groups is 1. The number of ether oxygens (including phenoxy) is 1. The van der Waals surface area contributed by atoms with Crippen molar-refractivity contribution < 1.29 is 19.1 Å². The number of urea groups is 1. The number of carbonyl (C=O) groups excluding carboxylic acids is 3. The highest BCUT2D eigenvalue weighted by atomic mass is 16.5. The van der Waals surface area contributed by atoms with E-state index in [1.165, 1.54) is 7.05 Å². The molecule has 0 aliphatic carbocycles. The Morgan fingerprint density at radius 3 is 2.55 bits per heavy atom. The number of rotatable bonds is 1. The molecule has 1 spiro atoms. The maximum absolute atomic E-state index is 12.2. The first kappa shape index (κ1) is 13.4. The molecule has 0 aromatic heterocycles. The number of piperidine rings is 1. The van der Waals surface area contributed by atoms with Crippen LogP contribution in [0.15, 0.2) is 0 Å². The minimum absolute atomic E-state index is 0.0162. The summed E-state index contributed by atoms with van der Waals surface area (Å²) in [6.45, 7) is 1.62. The van der Waals surface area contributed by atoms with Gasteiger partial charge in [0.15, 0.2) is 0 Å². The Morgan fingerprint density at radius 1 is 1.35 bits per heavy atom. The van der Waals surface area contributed by atoms with Gasteiger partial charge in [-0.05, 0) is 25.7 Å². The highest BCUT2D eigenvalue weighted by molar-refractivity contribution is 6.06. The minimum Gasteiger partial charge on any atom is -0.368 e. The van der Waals surface area contributed by atoms with E-state index in [9.17, 15) is 14.4 Å². The summed E-state index contributed by atoms with van der Waals surface area (Å²) in [6.07, 6.45) is 2.33. The van der Waals surface area contributed by atoms with Crippen LogP contribution in [0.2, 0.25) is 0 Å². The Balaban J connectivity index is 1.63. The second kappa shape index (κ2) is 4.73. The average Bonchev–Trinajstić information content (AvgIpc) is 3.05. The van der Waals surface area contributed by atoms with E-state index in [4.69, 9.17) is 4.74 Å². The molecule has 3 saturated heterocycles. The lowest BCUT2D eigenvalue weighted by Gasteiger charge is -2.37. The molecule has 1 atom stereocenters. The third kappa shape index (κ3) is 1.96. The molecular formula is C13H19N3O4. The minimum atomic E-state index is -0.806. The van der Waals surface area contributed by atoms with Crippen LogP contribution >= 0.6 is 0 Å². The van der Waals surface area contributed by atoms with E-state index < -0.39 is 5.54 Å². The molecule has 0 bridgehead atoms. The summed E-state index contributed by atoms with van der Waals surface area (Å²) in [5, 5.41) is 2.77. The summed E-state index contributed by atoms with van der Waals surface area (Å²) < 4.78 is 5.40. The molecule has 7 heteroatoms. The fourth-order valence-corrected chi connectivity index (χ4v) is 3.18. The second-order valence-corrected chi connectivity index (χ2v) is 5.70. The van der Waals surface area contributed by atoms with Crippen LogP contribution in [0.1, 0.15) is 25.7 Å². The van der Waals surface area contributed by atoms with Crippen molar-refractivity contribution in [1.29, 1.82) is 0 Å². The number of nitrogens with zero attached hydrogens (tertiary/aromatic N) is 2. The third-order valence-electron chi connectivity index (χ3n) is 4.50. The lowest BCUT2D eigenvalue weighted by molar-refractivity contribution is -0.144. The Kier molecular flexibility index (Phi) is 3.16. The first-order chi connectivity index (χ1) is 9.53. The van der Waals surface area contributed by atoms with Gasteiger partial charge in [-0.15, -0.1) is 0 Å². The van der Waals surface area contributed by atoms with Gasteiger partial charge in [-0.2, -0.15) is 0 Å². The Hall–Kier alpha value is -1.63. The van der Waals surface area contributed by atoms with Crippen molar-refractivity contribution in [1.82, 2.24) is 15.1 Å². The van der Waals surface area contributed by atoms with Crippen LogP contribution in [0.4, 0.5) is 4.79 Å². The third-order valence-corrected chi connectivity index (χ3v) is 4.50. The van der Waals surface area contributed by atoms with E-state index in [1.54, 1.807) is 4.90 Å². The molecule has 4 amide bonds. The predicted octanol–water partition coefficient (Wildman–Crippen LogP) is -0.292. The molecule has 0 aromatic carbocycles. The van der Waals surface area contributed by atoms with Gasteiger partial charge in [0, 0.05) is 26.7 Å². The smallest absolute Gasteiger partial charge is 0.324 e. The fourth-order valence-electron chi connectivity index (χ4n) is 3.18. The summed E-state index contributed by atoms with van der Waals surface area (Å²) in [6, 6.07) is -0.353. The van der Waals surface area contributed by atoms with Gasteiger partial charge in [0.05, 0.1) is 0 Å². The lowest BCUT2D eigenvalue weighted by Crippen LogP contribution is -2.56.